The van der Waals surface area contributed by atoms with Gasteiger partial charge in [-0.25, -0.2) is 25.3 Å². The molecule has 8 aromatic carbocycles. The Morgan fingerprint density at radius 3 is 1.19 bits per heavy atom. The van der Waals surface area contributed by atoms with Crippen LogP contribution in [-0.4, -0.2) is 43.3 Å². The van der Waals surface area contributed by atoms with Gasteiger partial charge in [0, 0.05) is 22.9 Å². The van der Waals surface area contributed by atoms with Gasteiger partial charge in [0.1, 0.15) is 62.2 Å². The monoisotopic (exact) mass is 1090 g/mol. The first kappa shape index (κ1) is 59.3. The first-order valence-corrected chi connectivity index (χ1v) is 28.2. The summed E-state index contributed by atoms with van der Waals surface area (Å²) in [5.74, 6) is 0. The second-order valence-electron chi connectivity index (χ2n) is 15.2. The van der Waals surface area contributed by atoms with Crippen LogP contribution in [0.3, 0.4) is 0 Å². The van der Waals surface area contributed by atoms with E-state index in [1.54, 1.807) is 49.4 Å². The first-order valence-electron chi connectivity index (χ1n) is 19.3. The second kappa shape index (κ2) is 22.7. The number of hydrogen-bond acceptors (Lipinski definition) is 13. The number of alkyl halides is 1. The molecule has 0 fully saturated rings. The van der Waals surface area contributed by atoms with Gasteiger partial charge in [-0.05, 0) is 118 Å². The molecule has 0 amide bonds. The minimum atomic E-state index is -5.18. The van der Waals surface area contributed by atoms with E-state index in [2.05, 4.69) is 5.04 Å². The van der Waals surface area contributed by atoms with E-state index in [1.807, 2.05) is 72.8 Å². The molecule has 0 saturated carbocycles. The molecule has 9 rings (SSSR count). The van der Waals surface area contributed by atoms with E-state index in [4.69, 9.17) is 15.9 Å². The van der Waals surface area contributed by atoms with Crippen molar-refractivity contribution in [2.24, 2.45) is 0 Å². The van der Waals surface area contributed by atoms with Crippen molar-refractivity contribution in [3.8, 4) is 11.1 Å². The minimum absolute atomic E-state index is 0. The van der Waals surface area contributed by atoms with Gasteiger partial charge in [-0.15, -0.1) is 0 Å². The van der Waals surface area contributed by atoms with Crippen LogP contribution >= 0.6 is 38.2 Å². The number of benzene rings is 8. The zero-order valence-corrected chi connectivity index (χ0v) is 51.3. The summed E-state index contributed by atoms with van der Waals surface area (Å²) < 4.78 is 121. The predicted molar refractivity (Wildman–Crippen MR) is 250 cm³/mol. The van der Waals surface area contributed by atoms with Gasteiger partial charge in [-0.1, -0.05) is 84.9 Å². The molecule has 0 radical (unpaired) electrons. The topological polar surface area (TPSA) is 213 Å². The molecular weight excluding hydrogens is 1060 g/mol. The molecule has 23 heteroatoms. The van der Waals surface area contributed by atoms with E-state index in [9.17, 15) is 44.2 Å². The minimum Gasteiger partial charge on any atom is -0.744 e. The summed E-state index contributed by atoms with van der Waals surface area (Å²) >= 11 is 9.46. The Labute approximate surface area is 498 Å². The Hall–Kier alpha value is -0.610. The van der Waals surface area contributed by atoms with Gasteiger partial charge >= 0.3 is 118 Å². The zero-order chi connectivity index (χ0) is 46.2. The fourth-order valence-electron chi connectivity index (χ4n) is 9.41. The van der Waals surface area contributed by atoms with Gasteiger partial charge in [0.05, 0.1) is 26.7 Å². The molecule has 0 saturated heterocycles. The van der Waals surface area contributed by atoms with Crippen molar-refractivity contribution in [3.05, 3.63) is 170 Å². The van der Waals surface area contributed by atoms with Crippen molar-refractivity contribution in [1.82, 2.24) is 0 Å². The van der Waals surface area contributed by atoms with Crippen molar-refractivity contribution >= 4 is 122 Å². The molecular formula is C46H31ClNa4O12P2S4+2. The van der Waals surface area contributed by atoms with Crippen LogP contribution in [0.25, 0.3) is 32.7 Å². The molecule has 69 heavy (non-hydrogen) atoms. The van der Waals surface area contributed by atoms with E-state index in [0.29, 0.717) is 54.8 Å². The summed E-state index contributed by atoms with van der Waals surface area (Å²) in [6, 6.07) is 45.5. The molecule has 2 unspecified atom stereocenters. The maximum Gasteiger partial charge on any atom is 1.00 e. The van der Waals surface area contributed by atoms with Gasteiger partial charge in [-0.3, -0.25) is 5.04 Å². The van der Waals surface area contributed by atoms with E-state index >= 15 is 0 Å². The van der Waals surface area contributed by atoms with Crippen molar-refractivity contribution < 1.29 is 172 Å². The van der Waals surface area contributed by atoms with Gasteiger partial charge in [0.2, 0.25) is 0 Å². The average molecular weight is 1090 g/mol. The van der Waals surface area contributed by atoms with E-state index in [0.717, 1.165) is 29.0 Å². The second-order valence-corrected chi connectivity index (χ2v) is 29.2. The summed E-state index contributed by atoms with van der Waals surface area (Å²) in [7, 11) is -23.7. The summed E-state index contributed by atoms with van der Waals surface area (Å²) in [5, 5.41) is 20.0. The average Bonchev–Trinajstić information content (AvgIpc) is 3.35. The smallest absolute Gasteiger partial charge is 0.744 e. The normalized spacial score (nSPS) is 17.4. The Morgan fingerprint density at radius 1 is 0.478 bits per heavy atom. The van der Waals surface area contributed by atoms with E-state index in [1.165, 1.54) is 36.4 Å². The Morgan fingerprint density at radius 2 is 0.826 bits per heavy atom. The Balaban J connectivity index is 0.00000222. The Bertz CT molecular complexity index is 3540. The number of rotatable bonds is 10. The maximum absolute atomic E-state index is 13.1. The zero-order valence-electron chi connectivity index (χ0n) is 37.5. The summed E-state index contributed by atoms with van der Waals surface area (Å²) in [5.41, 5.74) is 1.23. The maximum atomic E-state index is 13.1. The van der Waals surface area contributed by atoms with Gasteiger partial charge < -0.3 is 18.9 Å². The van der Waals surface area contributed by atoms with Gasteiger partial charge in [0.15, 0.2) is 14.5 Å². The fraction of sp³-hybridized carbons (Fsp3) is 0.0435. The molecule has 0 aliphatic carbocycles. The summed E-state index contributed by atoms with van der Waals surface area (Å²) in [4.78, 5) is -1.51. The van der Waals surface area contributed by atoms with Gasteiger partial charge in [-0.2, -0.15) is 4.33 Å². The predicted octanol–water partition coefficient (Wildman–Crippen LogP) is -5.87. The van der Waals surface area contributed by atoms with Crippen LogP contribution in [0.2, 0.25) is 0 Å². The SMILES string of the molecule is CC1(Cl)[P+](c2cccc(SOO[O-])c2)(c2cccc(S(=O)(=O)[O-])c2)c2ccc3ccccc3c2-c2c(ccc3ccccc23)[P+]1(c1cccc(S(=O)(=O)[O-])c1)c1cccc(S(=O)(=O)[O-])c1.[Na+].[Na+].[Na+].[Na+]. The molecule has 0 spiro atoms. The third-order valence-corrected chi connectivity index (χ3v) is 27.1. The molecule has 1 aliphatic heterocycles. The van der Waals surface area contributed by atoms with Gasteiger partial charge in [0.25, 0.3) is 4.36 Å². The fourth-order valence-corrected chi connectivity index (χ4v) is 26.0. The Kier molecular flexibility index (Phi) is 19.5. The van der Waals surface area contributed by atoms with E-state index < -0.39 is 63.9 Å². The molecule has 0 bridgehead atoms. The third kappa shape index (κ3) is 10.3. The van der Waals surface area contributed by atoms with Crippen LogP contribution in [0.4, 0.5) is 0 Å². The molecule has 1 aliphatic rings. The van der Waals surface area contributed by atoms with Crippen LogP contribution in [0, 0.1) is 0 Å². The number of hydrogen-bond donors (Lipinski definition) is 0. The molecule has 1 heterocycles. The van der Waals surface area contributed by atoms with Crippen LogP contribution in [-0.2, 0) is 39.7 Å². The molecule has 0 aromatic heterocycles. The number of halogens is 1. The third-order valence-electron chi connectivity index (χ3n) is 11.9. The van der Waals surface area contributed by atoms with Crippen LogP contribution in [0.15, 0.2) is 189 Å². The molecule has 8 aromatic rings. The molecule has 0 N–H and O–H groups in total. The number of fused-ring (bicyclic) bond motifs is 7. The van der Waals surface area contributed by atoms with Crippen molar-refractivity contribution in [3.63, 3.8) is 0 Å². The standard InChI is InChI=1S/C46H33ClO12P2S4.4Na/c1-46(47)60(32-12-6-16-36(26-32)62-59-58-48,33-13-7-17-37(27-33)63(49,50)51)42-24-22-30-10-2-4-20-40(30)44(42)45-41-21-5-3-11-31(41)23-25-43(45)61(46,34-14-8-18-38(28-34)64(52,53)54)35-15-9-19-39(29-35)65(55,56)57;;;;/h2-29H,1H3,(H2-2,48,49,50,51,52,53,54,55,56,57);;;;/q;4*+1/p-2. The largest absolute Gasteiger partial charge is 1.00 e. The summed E-state index contributed by atoms with van der Waals surface area (Å²) in [6.45, 7) is 1.71. The van der Waals surface area contributed by atoms with Crippen LogP contribution in [0.1, 0.15) is 6.92 Å². The van der Waals surface area contributed by atoms with Crippen molar-refractivity contribution in [2.75, 3.05) is 0 Å². The first-order chi connectivity index (χ1) is 30.8. The van der Waals surface area contributed by atoms with Crippen LogP contribution in [0.5, 0.6) is 0 Å². The molecule has 330 valence electrons. The van der Waals surface area contributed by atoms with E-state index in [-0.39, 0.29) is 134 Å². The summed E-state index contributed by atoms with van der Waals surface area (Å²) in [6.07, 6.45) is 0. The molecule has 2 atom stereocenters. The van der Waals surface area contributed by atoms with Crippen LogP contribution < -0.4 is 155 Å². The quantitative estimate of drug-likeness (QED) is 0.0238. The van der Waals surface area contributed by atoms with Crippen molar-refractivity contribution in [2.45, 2.75) is 30.9 Å². The van der Waals surface area contributed by atoms with Crippen molar-refractivity contribution in [1.29, 1.82) is 0 Å². The molecule has 12 nitrogen and oxygen atoms in total.